The molecule has 1 fully saturated rings. The zero-order valence-corrected chi connectivity index (χ0v) is 17.6. The smallest absolute Gasteiger partial charge is 0.364 e. The van der Waals surface area contributed by atoms with Crippen molar-refractivity contribution < 1.29 is 22.4 Å². The van der Waals surface area contributed by atoms with Gasteiger partial charge in [-0.3, -0.25) is 9.78 Å². The average Bonchev–Trinajstić information content (AvgIpc) is 3.40. The number of rotatable bonds is 4. The number of amides is 1. The molecule has 1 aliphatic heterocycles. The number of carbonyl (C=O) groups is 1. The number of nitrogens with one attached hydrogen (secondary N) is 1. The molecule has 0 aromatic carbocycles. The van der Waals surface area contributed by atoms with E-state index in [1.165, 1.54) is 12.1 Å². The van der Waals surface area contributed by atoms with Crippen molar-refractivity contribution in [2.45, 2.75) is 52.3 Å². The third-order valence-electron chi connectivity index (χ3n) is 5.51. The molecule has 0 bridgehead atoms. The van der Waals surface area contributed by atoms with Gasteiger partial charge in [0.2, 0.25) is 5.91 Å². The van der Waals surface area contributed by atoms with Gasteiger partial charge in [-0.25, -0.2) is 9.37 Å². The molecule has 1 saturated carbocycles. The van der Waals surface area contributed by atoms with E-state index in [9.17, 15) is 22.4 Å². The van der Waals surface area contributed by atoms with Gasteiger partial charge in [0.05, 0.1) is 29.2 Å². The Bertz CT molecular complexity index is 998. The summed E-state index contributed by atoms with van der Waals surface area (Å²) in [4.78, 5) is 22.5. The Morgan fingerprint density at radius 1 is 1.26 bits per heavy atom. The highest BCUT2D eigenvalue weighted by Crippen LogP contribution is 2.54. The van der Waals surface area contributed by atoms with Crippen molar-refractivity contribution in [2.24, 2.45) is 11.3 Å². The number of alkyl halides is 3. The molecule has 166 valence electrons. The second-order valence-corrected chi connectivity index (χ2v) is 9.53. The number of fused-ring (bicyclic) bond motifs is 3. The van der Waals surface area contributed by atoms with Crippen LogP contribution in [0.25, 0.3) is 0 Å². The van der Waals surface area contributed by atoms with Crippen LogP contribution in [0.5, 0.6) is 0 Å². The Labute approximate surface area is 177 Å². The van der Waals surface area contributed by atoms with E-state index >= 15 is 0 Å². The van der Waals surface area contributed by atoms with Gasteiger partial charge in [0.1, 0.15) is 0 Å². The van der Waals surface area contributed by atoms with Crippen LogP contribution in [-0.2, 0) is 17.5 Å². The molecule has 9 heteroatoms. The van der Waals surface area contributed by atoms with E-state index in [4.69, 9.17) is 0 Å². The van der Waals surface area contributed by atoms with Crippen molar-refractivity contribution in [3.05, 3.63) is 47.2 Å². The number of hydrogen-bond donors (Lipinski definition) is 1. The lowest BCUT2D eigenvalue weighted by molar-refractivity contribution is -0.137. The van der Waals surface area contributed by atoms with Gasteiger partial charge >= 0.3 is 6.18 Å². The van der Waals surface area contributed by atoms with E-state index in [-0.39, 0.29) is 36.0 Å². The number of hydrogen-bond acceptors (Lipinski definition) is 4. The van der Waals surface area contributed by atoms with Crippen LogP contribution in [0.15, 0.2) is 24.4 Å². The lowest BCUT2D eigenvalue weighted by Gasteiger charge is -2.30. The molecule has 1 aliphatic carbocycles. The summed E-state index contributed by atoms with van der Waals surface area (Å²) in [7, 11) is 0. The molecule has 2 unspecified atom stereocenters. The van der Waals surface area contributed by atoms with E-state index in [1.54, 1.807) is 0 Å². The maximum atomic E-state index is 14.8. The number of aromatic nitrogens is 2. The normalized spacial score (nSPS) is 20.2. The molecule has 5 nitrogen and oxygen atoms in total. The van der Waals surface area contributed by atoms with E-state index in [1.807, 2.05) is 25.7 Å². The Hall–Kier alpha value is -2.71. The molecule has 1 N–H and O–H groups in total. The number of anilines is 2. The van der Waals surface area contributed by atoms with Crippen molar-refractivity contribution in [1.82, 2.24) is 9.97 Å². The van der Waals surface area contributed by atoms with Crippen LogP contribution in [0.2, 0.25) is 0 Å². The first-order valence-corrected chi connectivity index (χ1v) is 10.2. The molecule has 2 atom stereocenters. The zero-order valence-electron chi connectivity index (χ0n) is 17.6. The minimum atomic E-state index is -4.44. The van der Waals surface area contributed by atoms with E-state index in [0.29, 0.717) is 23.8 Å². The fourth-order valence-electron chi connectivity index (χ4n) is 3.96. The molecule has 2 aromatic rings. The molecular formula is C22H24F4N4O. The van der Waals surface area contributed by atoms with Gasteiger partial charge in [-0.05, 0) is 29.9 Å². The average molecular weight is 436 g/mol. The molecule has 0 radical (unpaired) electrons. The summed E-state index contributed by atoms with van der Waals surface area (Å²) in [6.07, 6.45) is -2.47. The van der Waals surface area contributed by atoms with Crippen LogP contribution >= 0.6 is 0 Å². The molecule has 4 rings (SSSR count). The monoisotopic (exact) mass is 436 g/mol. The Balaban J connectivity index is 1.55. The van der Waals surface area contributed by atoms with Crippen molar-refractivity contribution >= 4 is 17.4 Å². The topological polar surface area (TPSA) is 58.1 Å². The molecule has 2 aromatic heterocycles. The van der Waals surface area contributed by atoms with Gasteiger partial charge in [0.25, 0.3) is 0 Å². The van der Waals surface area contributed by atoms with E-state index in [2.05, 4.69) is 15.3 Å². The molecule has 3 heterocycles. The lowest BCUT2D eigenvalue weighted by atomic mass is 9.92. The quantitative estimate of drug-likeness (QED) is 0.675. The third kappa shape index (κ3) is 4.80. The maximum Gasteiger partial charge on any atom is 0.417 e. The van der Waals surface area contributed by atoms with Crippen molar-refractivity contribution in [1.29, 1.82) is 0 Å². The predicted octanol–water partition coefficient (Wildman–Crippen LogP) is 5.13. The standard InChI is InChI=1S/C22H24F4N4O/c1-21(2,3)8-18(31)28-20-16(23)7-17-19(29-20)15-6-12(15)10-30(17)11-14-5-4-13(9-27-14)22(24,25)26/h4-5,7,9,12,15H,6,8,10-11H2,1-3H3,(H,28,29,31). The Kier molecular flexibility index (Phi) is 5.18. The molecule has 2 aliphatic rings. The molecule has 0 saturated heterocycles. The highest BCUT2D eigenvalue weighted by atomic mass is 19.4. The summed E-state index contributed by atoms with van der Waals surface area (Å²) in [6.45, 7) is 6.68. The summed E-state index contributed by atoms with van der Waals surface area (Å²) in [5.74, 6) is -0.435. The number of carbonyl (C=O) groups excluding carboxylic acids is 1. The zero-order chi connectivity index (χ0) is 22.6. The fraction of sp³-hybridized carbons (Fsp3) is 0.500. The number of nitrogens with zero attached hydrogens (tertiary/aromatic N) is 3. The first-order chi connectivity index (χ1) is 14.4. The van der Waals surface area contributed by atoms with Crippen LogP contribution < -0.4 is 10.2 Å². The first kappa shape index (κ1) is 21.5. The minimum absolute atomic E-state index is 0.0758. The predicted molar refractivity (Wildman–Crippen MR) is 108 cm³/mol. The lowest BCUT2D eigenvalue weighted by Crippen LogP contribution is -2.31. The summed E-state index contributed by atoms with van der Waals surface area (Å²) >= 11 is 0. The summed E-state index contributed by atoms with van der Waals surface area (Å²) < 4.78 is 53.1. The highest BCUT2D eigenvalue weighted by Gasteiger charge is 2.47. The Morgan fingerprint density at radius 2 is 2.00 bits per heavy atom. The van der Waals surface area contributed by atoms with Crippen LogP contribution in [0.4, 0.5) is 29.1 Å². The van der Waals surface area contributed by atoms with Gasteiger partial charge < -0.3 is 10.2 Å². The van der Waals surface area contributed by atoms with Gasteiger partial charge in [0, 0.05) is 31.1 Å². The second-order valence-electron chi connectivity index (χ2n) is 9.53. The van der Waals surface area contributed by atoms with Crippen LogP contribution in [0.1, 0.15) is 56.5 Å². The number of pyridine rings is 2. The van der Waals surface area contributed by atoms with Crippen molar-refractivity contribution in [3.8, 4) is 0 Å². The van der Waals surface area contributed by atoms with E-state index < -0.39 is 17.6 Å². The van der Waals surface area contributed by atoms with Crippen molar-refractivity contribution in [3.63, 3.8) is 0 Å². The number of halogens is 4. The van der Waals surface area contributed by atoms with Gasteiger partial charge in [0.15, 0.2) is 11.6 Å². The Morgan fingerprint density at radius 3 is 2.61 bits per heavy atom. The van der Waals surface area contributed by atoms with Crippen LogP contribution in [0.3, 0.4) is 0 Å². The molecular weight excluding hydrogens is 412 g/mol. The summed E-state index contributed by atoms with van der Waals surface area (Å²) in [5.41, 5.74) is 0.742. The largest absolute Gasteiger partial charge is 0.417 e. The molecule has 1 amide bonds. The van der Waals surface area contributed by atoms with Crippen molar-refractivity contribution in [2.75, 3.05) is 16.8 Å². The third-order valence-corrected chi connectivity index (χ3v) is 5.51. The van der Waals surface area contributed by atoms with Crippen LogP contribution in [-0.4, -0.2) is 22.4 Å². The minimum Gasteiger partial charge on any atom is -0.364 e. The van der Waals surface area contributed by atoms with Crippen LogP contribution in [0, 0.1) is 17.2 Å². The summed E-state index contributed by atoms with van der Waals surface area (Å²) in [6, 6.07) is 3.69. The summed E-state index contributed by atoms with van der Waals surface area (Å²) in [5, 5.41) is 2.58. The fourth-order valence-corrected chi connectivity index (χ4v) is 3.96. The van der Waals surface area contributed by atoms with Gasteiger partial charge in [-0.15, -0.1) is 0 Å². The SMILES string of the molecule is CC(C)(C)CC(=O)Nc1nc2c(cc1F)N(Cc1ccc(C(F)(F)F)cn1)CC1CC21. The highest BCUT2D eigenvalue weighted by molar-refractivity contribution is 5.90. The molecule has 0 spiro atoms. The second kappa shape index (κ2) is 7.46. The van der Waals surface area contributed by atoms with Gasteiger partial charge in [-0.2, -0.15) is 13.2 Å². The van der Waals surface area contributed by atoms with Gasteiger partial charge in [-0.1, -0.05) is 20.8 Å². The molecule has 31 heavy (non-hydrogen) atoms. The maximum absolute atomic E-state index is 14.8. The first-order valence-electron chi connectivity index (χ1n) is 10.2. The van der Waals surface area contributed by atoms with E-state index in [0.717, 1.165) is 24.4 Å².